The molecule has 1 aromatic rings. The van der Waals surface area contributed by atoms with Crippen molar-refractivity contribution in [3.8, 4) is 0 Å². The van der Waals surface area contributed by atoms with Gasteiger partial charge in [0.15, 0.2) is 0 Å². The standard InChI is InChI=1S/C17H29N3O/c1-18-16(17(21-2)13-8-9-13)12-14-10-11-20(19-14)15-6-4-3-5-7-15/h10-11,13,15-18H,3-9,12H2,1-2H3. The molecule has 4 nitrogen and oxygen atoms in total. The lowest BCUT2D eigenvalue weighted by molar-refractivity contribution is 0.0531. The first-order valence-corrected chi connectivity index (χ1v) is 8.56. The molecule has 2 fully saturated rings. The first-order valence-electron chi connectivity index (χ1n) is 8.56. The second-order valence-electron chi connectivity index (χ2n) is 6.72. The van der Waals surface area contributed by atoms with Gasteiger partial charge in [0.05, 0.1) is 17.8 Å². The fourth-order valence-corrected chi connectivity index (χ4v) is 3.75. The van der Waals surface area contributed by atoms with Crippen LogP contribution in [0.5, 0.6) is 0 Å². The minimum Gasteiger partial charge on any atom is -0.380 e. The molecule has 0 bridgehead atoms. The Morgan fingerprint density at radius 2 is 2.05 bits per heavy atom. The molecule has 2 atom stereocenters. The van der Waals surface area contributed by atoms with Gasteiger partial charge in [-0.1, -0.05) is 19.3 Å². The molecule has 2 unspecified atom stereocenters. The number of nitrogens with one attached hydrogen (secondary N) is 1. The molecule has 0 aromatic carbocycles. The third kappa shape index (κ3) is 3.67. The molecule has 0 amide bonds. The second-order valence-corrected chi connectivity index (χ2v) is 6.72. The average molecular weight is 291 g/mol. The van der Waals surface area contributed by atoms with Crippen LogP contribution in [0.25, 0.3) is 0 Å². The van der Waals surface area contributed by atoms with Gasteiger partial charge >= 0.3 is 0 Å². The molecular formula is C17H29N3O. The van der Waals surface area contributed by atoms with Gasteiger partial charge < -0.3 is 10.1 Å². The number of hydrogen-bond donors (Lipinski definition) is 1. The fourth-order valence-electron chi connectivity index (χ4n) is 3.75. The zero-order valence-corrected chi connectivity index (χ0v) is 13.4. The van der Waals surface area contributed by atoms with Crippen molar-refractivity contribution in [1.29, 1.82) is 0 Å². The number of rotatable bonds is 7. The number of methoxy groups -OCH3 is 1. The lowest BCUT2D eigenvalue weighted by Gasteiger charge is -2.25. The maximum atomic E-state index is 5.73. The van der Waals surface area contributed by atoms with E-state index in [2.05, 4.69) is 22.3 Å². The third-order valence-electron chi connectivity index (χ3n) is 5.17. The Balaban J connectivity index is 1.62. The summed E-state index contributed by atoms with van der Waals surface area (Å²) in [4.78, 5) is 0. The summed E-state index contributed by atoms with van der Waals surface area (Å²) in [6.07, 6.45) is 12.8. The topological polar surface area (TPSA) is 39.1 Å². The minimum atomic E-state index is 0.329. The van der Waals surface area contributed by atoms with Crippen LogP contribution in [-0.4, -0.2) is 36.1 Å². The van der Waals surface area contributed by atoms with E-state index in [1.54, 1.807) is 0 Å². The lowest BCUT2D eigenvalue weighted by atomic mass is 9.96. The van der Waals surface area contributed by atoms with Gasteiger partial charge in [-0.25, -0.2) is 0 Å². The van der Waals surface area contributed by atoms with E-state index in [9.17, 15) is 0 Å². The lowest BCUT2D eigenvalue weighted by Crippen LogP contribution is -2.42. The van der Waals surface area contributed by atoms with E-state index in [0.717, 1.165) is 12.3 Å². The summed E-state index contributed by atoms with van der Waals surface area (Å²) >= 11 is 0. The van der Waals surface area contributed by atoms with Crippen LogP contribution in [0.3, 0.4) is 0 Å². The van der Waals surface area contributed by atoms with E-state index in [1.165, 1.54) is 50.6 Å². The Morgan fingerprint density at radius 3 is 2.67 bits per heavy atom. The van der Waals surface area contributed by atoms with Crippen molar-refractivity contribution in [3.63, 3.8) is 0 Å². The summed E-state index contributed by atoms with van der Waals surface area (Å²) in [7, 11) is 3.88. The van der Waals surface area contributed by atoms with Gasteiger partial charge in [-0.2, -0.15) is 5.10 Å². The normalized spacial score (nSPS) is 23.1. The zero-order valence-electron chi connectivity index (χ0n) is 13.4. The van der Waals surface area contributed by atoms with Crippen molar-refractivity contribution in [1.82, 2.24) is 15.1 Å². The molecule has 3 rings (SSSR count). The monoisotopic (exact) mass is 291 g/mol. The van der Waals surface area contributed by atoms with Crippen molar-refractivity contribution in [3.05, 3.63) is 18.0 Å². The van der Waals surface area contributed by atoms with E-state index in [4.69, 9.17) is 9.84 Å². The van der Waals surface area contributed by atoms with Gasteiger partial charge in [0.25, 0.3) is 0 Å². The van der Waals surface area contributed by atoms with E-state index in [-0.39, 0.29) is 0 Å². The molecule has 4 heteroatoms. The van der Waals surface area contributed by atoms with Crippen molar-refractivity contribution in [2.45, 2.75) is 69.6 Å². The first kappa shape index (κ1) is 15.0. The van der Waals surface area contributed by atoms with E-state index in [0.29, 0.717) is 18.2 Å². The molecule has 1 aromatic heterocycles. The molecule has 0 aliphatic heterocycles. The van der Waals surface area contributed by atoms with Crippen LogP contribution >= 0.6 is 0 Å². The van der Waals surface area contributed by atoms with Crippen molar-refractivity contribution < 1.29 is 4.74 Å². The van der Waals surface area contributed by atoms with Gasteiger partial charge in [-0.15, -0.1) is 0 Å². The summed E-state index contributed by atoms with van der Waals surface area (Å²) in [6, 6.07) is 3.19. The van der Waals surface area contributed by atoms with Gasteiger partial charge in [0, 0.05) is 25.8 Å². The number of aromatic nitrogens is 2. The largest absolute Gasteiger partial charge is 0.380 e. The highest BCUT2D eigenvalue weighted by atomic mass is 16.5. The molecule has 118 valence electrons. The predicted molar refractivity (Wildman–Crippen MR) is 84.4 cm³/mol. The summed E-state index contributed by atoms with van der Waals surface area (Å²) in [5, 5.41) is 8.28. The van der Waals surface area contributed by atoms with E-state index >= 15 is 0 Å². The highest BCUT2D eigenvalue weighted by molar-refractivity contribution is 5.05. The van der Waals surface area contributed by atoms with E-state index in [1.807, 2.05) is 14.2 Å². The van der Waals surface area contributed by atoms with Crippen molar-refractivity contribution in [2.24, 2.45) is 5.92 Å². The Morgan fingerprint density at radius 1 is 1.29 bits per heavy atom. The van der Waals surface area contributed by atoms with Gasteiger partial charge in [-0.3, -0.25) is 4.68 Å². The van der Waals surface area contributed by atoms with Crippen LogP contribution in [0.2, 0.25) is 0 Å². The average Bonchev–Trinajstić information content (AvgIpc) is 3.25. The SMILES string of the molecule is CNC(Cc1ccn(C2CCCCC2)n1)C(OC)C1CC1. The van der Waals surface area contributed by atoms with Crippen LogP contribution < -0.4 is 5.32 Å². The Labute approximate surface area is 128 Å². The Bertz CT molecular complexity index is 435. The molecule has 0 radical (unpaired) electrons. The highest BCUT2D eigenvalue weighted by Crippen LogP contribution is 2.36. The summed E-state index contributed by atoms with van der Waals surface area (Å²) in [5.41, 5.74) is 1.20. The maximum absolute atomic E-state index is 5.73. The Hall–Kier alpha value is -0.870. The van der Waals surface area contributed by atoms with Crippen LogP contribution in [0.4, 0.5) is 0 Å². The molecule has 1 N–H and O–H groups in total. The van der Waals surface area contributed by atoms with Crippen LogP contribution in [0, 0.1) is 5.92 Å². The molecule has 21 heavy (non-hydrogen) atoms. The van der Waals surface area contributed by atoms with Crippen molar-refractivity contribution in [2.75, 3.05) is 14.2 Å². The zero-order chi connectivity index (χ0) is 14.7. The molecule has 1 heterocycles. The highest BCUT2D eigenvalue weighted by Gasteiger charge is 2.36. The third-order valence-corrected chi connectivity index (χ3v) is 5.17. The smallest absolute Gasteiger partial charge is 0.0756 e. The first-order chi connectivity index (χ1) is 10.3. The molecular weight excluding hydrogens is 262 g/mol. The number of ether oxygens (including phenoxy) is 1. The van der Waals surface area contributed by atoms with Crippen molar-refractivity contribution >= 4 is 0 Å². The summed E-state index contributed by atoms with van der Waals surface area (Å²) in [6.45, 7) is 0. The van der Waals surface area contributed by atoms with Crippen LogP contribution in [-0.2, 0) is 11.2 Å². The quantitative estimate of drug-likeness (QED) is 0.839. The summed E-state index contributed by atoms with van der Waals surface area (Å²) < 4.78 is 7.93. The minimum absolute atomic E-state index is 0.329. The summed E-state index contributed by atoms with van der Waals surface area (Å²) in [5.74, 6) is 0.743. The maximum Gasteiger partial charge on any atom is 0.0756 e. The fraction of sp³-hybridized carbons (Fsp3) is 0.824. The number of hydrogen-bond acceptors (Lipinski definition) is 3. The molecule has 2 aliphatic carbocycles. The van der Waals surface area contributed by atoms with Gasteiger partial charge in [0.1, 0.15) is 0 Å². The van der Waals surface area contributed by atoms with Gasteiger partial charge in [0.2, 0.25) is 0 Å². The molecule has 2 aliphatic rings. The molecule has 0 saturated heterocycles. The van der Waals surface area contributed by atoms with Crippen LogP contribution in [0.1, 0.15) is 56.7 Å². The number of likely N-dealkylation sites (N-methyl/N-ethyl adjacent to an activating group) is 1. The predicted octanol–water partition coefficient (Wildman–Crippen LogP) is 2.94. The second kappa shape index (κ2) is 6.93. The van der Waals surface area contributed by atoms with E-state index < -0.39 is 0 Å². The van der Waals surface area contributed by atoms with Crippen LogP contribution in [0.15, 0.2) is 12.3 Å². The number of nitrogens with zero attached hydrogens (tertiary/aromatic N) is 2. The molecule has 2 saturated carbocycles. The Kier molecular flexibility index (Phi) is 4.96. The molecule has 0 spiro atoms. The van der Waals surface area contributed by atoms with Gasteiger partial charge in [-0.05, 0) is 44.7 Å².